The molecule has 3 aromatic carbocycles. The van der Waals surface area contributed by atoms with E-state index in [4.69, 9.17) is 4.74 Å². The number of nitrogens with zero attached hydrogens (tertiary/aromatic N) is 2. The van der Waals surface area contributed by atoms with E-state index < -0.39 is 17.8 Å². The number of benzene rings is 3. The Morgan fingerprint density at radius 2 is 1.64 bits per heavy atom. The van der Waals surface area contributed by atoms with Crippen LogP contribution in [-0.2, 0) is 13.2 Å². The molecule has 0 saturated heterocycles. The third kappa shape index (κ3) is 5.12. The largest absolute Gasteiger partial charge is 0.457 e. The van der Waals surface area contributed by atoms with Crippen molar-refractivity contribution in [3.8, 4) is 11.5 Å². The van der Waals surface area contributed by atoms with Crippen LogP contribution in [0.25, 0.3) is 10.9 Å². The first-order valence-corrected chi connectivity index (χ1v) is 9.68. The van der Waals surface area contributed by atoms with Gasteiger partial charge < -0.3 is 19.9 Å². The Labute approximate surface area is 185 Å². The molecule has 2 amide bonds. The number of rotatable bonds is 4. The molecule has 0 radical (unpaired) electrons. The van der Waals surface area contributed by atoms with E-state index in [1.165, 1.54) is 23.0 Å². The topological polar surface area (TPSA) is 85.2 Å². The second-order valence-corrected chi connectivity index (χ2v) is 7.12. The Kier molecular flexibility index (Phi) is 5.74. The summed E-state index contributed by atoms with van der Waals surface area (Å²) < 4.78 is 45.5. The number of aromatic nitrogens is 2. The monoisotopic (exact) mass is 454 g/mol. The predicted molar refractivity (Wildman–Crippen MR) is 118 cm³/mol. The molecule has 0 atom stereocenters. The van der Waals surface area contributed by atoms with Crippen molar-refractivity contribution in [2.45, 2.75) is 6.18 Å². The van der Waals surface area contributed by atoms with E-state index in [-0.39, 0.29) is 11.2 Å². The minimum Gasteiger partial charge on any atom is -0.457 e. The van der Waals surface area contributed by atoms with Crippen molar-refractivity contribution in [1.82, 2.24) is 9.55 Å². The summed E-state index contributed by atoms with van der Waals surface area (Å²) in [5.41, 5.74) is -0.0830. The lowest BCUT2D eigenvalue weighted by Crippen LogP contribution is -2.19. The number of anilines is 2. The maximum atomic E-state index is 12.8. The number of urea groups is 1. The van der Waals surface area contributed by atoms with E-state index >= 15 is 0 Å². The molecule has 4 aromatic rings. The summed E-state index contributed by atoms with van der Waals surface area (Å²) in [6, 6.07) is 15.0. The number of hydrogen-bond acceptors (Lipinski definition) is 4. The van der Waals surface area contributed by atoms with E-state index in [0.29, 0.717) is 28.1 Å². The molecule has 0 aliphatic heterocycles. The molecule has 0 aliphatic carbocycles. The van der Waals surface area contributed by atoms with Crippen LogP contribution in [-0.4, -0.2) is 15.6 Å². The maximum absolute atomic E-state index is 12.8. The van der Waals surface area contributed by atoms with E-state index in [1.807, 2.05) is 0 Å². The third-order valence-corrected chi connectivity index (χ3v) is 4.68. The highest BCUT2D eigenvalue weighted by Gasteiger charge is 2.30. The fourth-order valence-corrected chi connectivity index (χ4v) is 3.06. The molecule has 0 fully saturated rings. The summed E-state index contributed by atoms with van der Waals surface area (Å²) >= 11 is 0. The summed E-state index contributed by atoms with van der Waals surface area (Å²) in [6.45, 7) is 0. The summed E-state index contributed by atoms with van der Waals surface area (Å²) in [5, 5.41) is 5.32. The van der Waals surface area contributed by atoms with Crippen LogP contribution in [0.5, 0.6) is 11.5 Å². The van der Waals surface area contributed by atoms with Gasteiger partial charge >= 0.3 is 12.2 Å². The van der Waals surface area contributed by atoms with E-state index in [2.05, 4.69) is 15.6 Å². The van der Waals surface area contributed by atoms with Crippen molar-refractivity contribution >= 4 is 28.3 Å². The minimum atomic E-state index is -4.50. The van der Waals surface area contributed by atoms with Gasteiger partial charge in [-0.3, -0.25) is 4.79 Å². The van der Waals surface area contributed by atoms with Gasteiger partial charge in [0, 0.05) is 18.4 Å². The van der Waals surface area contributed by atoms with Crippen LogP contribution in [0.4, 0.5) is 29.3 Å². The molecule has 0 saturated carbocycles. The standard InChI is InChI=1S/C23H17F3N4O3/c1-30-13-27-20-10-9-18(12-19(20)21(30)31)33-17-7-5-15(6-8-17)28-22(32)29-16-4-2-3-14(11-16)23(24,25)26/h2-13H,1H3,(H2,28,29,32). The number of hydrogen-bond donors (Lipinski definition) is 2. The minimum absolute atomic E-state index is 0.0132. The normalized spacial score (nSPS) is 11.3. The number of aryl methyl sites for hydroxylation is 1. The van der Waals surface area contributed by atoms with Gasteiger partial charge in [0.1, 0.15) is 11.5 Å². The molecular weight excluding hydrogens is 437 g/mol. The van der Waals surface area contributed by atoms with Gasteiger partial charge in [0.05, 0.1) is 22.8 Å². The van der Waals surface area contributed by atoms with Gasteiger partial charge in [-0.05, 0) is 60.7 Å². The van der Waals surface area contributed by atoms with Crippen molar-refractivity contribution in [1.29, 1.82) is 0 Å². The molecular formula is C23H17F3N4O3. The van der Waals surface area contributed by atoms with Gasteiger partial charge in [-0.2, -0.15) is 13.2 Å². The van der Waals surface area contributed by atoms with Crippen molar-refractivity contribution in [2.75, 3.05) is 10.6 Å². The Hall–Kier alpha value is -4.34. The number of halogens is 3. The quantitative estimate of drug-likeness (QED) is 0.433. The Morgan fingerprint density at radius 3 is 2.36 bits per heavy atom. The number of ether oxygens (including phenoxy) is 1. The third-order valence-electron chi connectivity index (χ3n) is 4.68. The van der Waals surface area contributed by atoms with Crippen molar-refractivity contribution in [3.63, 3.8) is 0 Å². The van der Waals surface area contributed by atoms with Gasteiger partial charge in [0.25, 0.3) is 5.56 Å². The fourth-order valence-electron chi connectivity index (χ4n) is 3.06. The number of nitrogens with one attached hydrogen (secondary N) is 2. The molecule has 0 unspecified atom stereocenters. The molecule has 33 heavy (non-hydrogen) atoms. The van der Waals surface area contributed by atoms with Crippen molar-refractivity contribution in [3.05, 3.63) is 89.0 Å². The highest BCUT2D eigenvalue weighted by atomic mass is 19.4. The molecule has 4 rings (SSSR count). The summed E-state index contributed by atoms with van der Waals surface area (Å²) in [6.07, 6.45) is -3.06. The van der Waals surface area contributed by atoms with Gasteiger partial charge in [-0.25, -0.2) is 9.78 Å². The highest BCUT2D eigenvalue weighted by molar-refractivity contribution is 5.99. The molecule has 7 nitrogen and oxygen atoms in total. The Morgan fingerprint density at radius 1 is 0.939 bits per heavy atom. The fraction of sp³-hybridized carbons (Fsp3) is 0.0870. The molecule has 0 bridgehead atoms. The summed E-state index contributed by atoms with van der Waals surface area (Å²) in [4.78, 5) is 28.6. The maximum Gasteiger partial charge on any atom is 0.416 e. The first kappa shape index (κ1) is 21.9. The molecule has 0 aliphatic rings. The van der Waals surface area contributed by atoms with Gasteiger partial charge in [0.2, 0.25) is 0 Å². The molecule has 0 spiro atoms. The van der Waals surface area contributed by atoms with Crippen LogP contribution in [0, 0.1) is 0 Å². The SMILES string of the molecule is Cn1cnc2ccc(Oc3ccc(NC(=O)Nc4cccc(C(F)(F)F)c4)cc3)cc2c1=O. The van der Waals surface area contributed by atoms with Gasteiger partial charge in [-0.1, -0.05) is 6.07 Å². The lowest BCUT2D eigenvalue weighted by molar-refractivity contribution is -0.137. The number of amides is 2. The predicted octanol–water partition coefficient (Wildman–Crippen LogP) is 5.39. The molecule has 2 N–H and O–H groups in total. The van der Waals surface area contributed by atoms with Crippen molar-refractivity contribution < 1.29 is 22.7 Å². The van der Waals surface area contributed by atoms with Crippen LogP contribution < -0.4 is 20.9 Å². The molecule has 1 aromatic heterocycles. The Balaban J connectivity index is 1.41. The zero-order valence-electron chi connectivity index (χ0n) is 17.2. The van der Waals surface area contributed by atoms with Crippen LogP contribution in [0.2, 0.25) is 0 Å². The highest BCUT2D eigenvalue weighted by Crippen LogP contribution is 2.31. The lowest BCUT2D eigenvalue weighted by atomic mass is 10.2. The lowest BCUT2D eigenvalue weighted by Gasteiger charge is -2.11. The first-order chi connectivity index (χ1) is 15.7. The second-order valence-electron chi connectivity index (χ2n) is 7.12. The molecule has 10 heteroatoms. The zero-order valence-corrected chi connectivity index (χ0v) is 17.2. The van der Waals surface area contributed by atoms with Crippen molar-refractivity contribution in [2.24, 2.45) is 7.05 Å². The van der Waals surface area contributed by atoms with E-state index in [9.17, 15) is 22.8 Å². The summed E-state index contributed by atoms with van der Waals surface area (Å²) in [5.74, 6) is 0.898. The molecule has 1 heterocycles. The number of carbonyl (C=O) groups excluding carboxylic acids is 1. The van der Waals surface area contributed by atoms with Crippen LogP contribution >= 0.6 is 0 Å². The first-order valence-electron chi connectivity index (χ1n) is 9.68. The summed E-state index contributed by atoms with van der Waals surface area (Å²) in [7, 11) is 1.61. The average molecular weight is 454 g/mol. The van der Waals surface area contributed by atoms with Gasteiger partial charge in [-0.15, -0.1) is 0 Å². The van der Waals surface area contributed by atoms with Gasteiger partial charge in [0.15, 0.2) is 0 Å². The number of alkyl halides is 3. The van der Waals surface area contributed by atoms with E-state index in [1.54, 1.807) is 49.5 Å². The smallest absolute Gasteiger partial charge is 0.416 e. The number of carbonyl (C=O) groups is 1. The van der Waals surface area contributed by atoms with Crippen LogP contribution in [0.15, 0.2) is 77.9 Å². The Bertz CT molecular complexity index is 1380. The molecule has 168 valence electrons. The number of fused-ring (bicyclic) bond motifs is 1. The van der Waals surface area contributed by atoms with Crippen LogP contribution in [0.3, 0.4) is 0 Å². The second kappa shape index (κ2) is 8.65. The zero-order chi connectivity index (χ0) is 23.6. The van der Waals surface area contributed by atoms with Crippen LogP contribution in [0.1, 0.15) is 5.56 Å². The van der Waals surface area contributed by atoms with E-state index in [0.717, 1.165) is 12.1 Å². The average Bonchev–Trinajstić information content (AvgIpc) is 2.77.